The van der Waals surface area contributed by atoms with E-state index >= 15 is 0 Å². The van der Waals surface area contributed by atoms with Crippen molar-refractivity contribution in [2.24, 2.45) is 5.92 Å². The zero-order valence-electron chi connectivity index (χ0n) is 15.4. The Morgan fingerprint density at radius 3 is 1.95 bits per heavy atom. The summed E-state index contributed by atoms with van der Waals surface area (Å²) in [5, 5.41) is 3.72. The lowest BCUT2D eigenvalue weighted by Crippen LogP contribution is -2.44. The van der Waals surface area contributed by atoms with Gasteiger partial charge in [-0.15, -0.1) is 0 Å². The van der Waals surface area contributed by atoms with Gasteiger partial charge in [-0.1, -0.05) is 72.6 Å². The first kappa shape index (κ1) is 20.9. The third kappa shape index (κ3) is 11.2. The highest BCUT2D eigenvalue weighted by molar-refractivity contribution is 4.79. The SMILES string of the molecule is CCCCCCCCCC(NCCC)C(OCC)C(C)C. The topological polar surface area (TPSA) is 21.3 Å². The van der Waals surface area contributed by atoms with E-state index in [2.05, 4.69) is 39.9 Å². The summed E-state index contributed by atoms with van der Waals surface area (Å²) in [6.45, 7) is 13.1. The van der Waals surface area contributed by atoms with Gasteiger partial charge in [-0.25, -0.2) is 0 Å². The van der Waals surface area contributed by atoms with Crippen molar-refractivity contribution >= 4 is 0 Å². The Balaban J connectivity index is 4.04. The molecular weight excluding hydrogens is 258 g/mol. The Morgan fingerprint density at radius 2 is 1.43 bits per heavy atom. The van der Waals surface area contributed by atoms with E-state index in [4.69, 9.17) is 4.74 Å². The van der Waals surface area contributed by atoms with Gasteiger partial charge < -0.3 is 10.1 Å². The maximum Gasteiger partial charge on any atom is 0.0750 e. The third-order valence-corrected chi connectivity index (χ3v) is 4.19. The van der Waals surface area contributed by atoms with Crippen molar-refractivity contribution < 1.29 is 4.74 Å². The van der Waals surface area contributed by atoms with Crippen LogP contribution < -0.4 is 5.32 Å². The van der Waals surface area contributed by atoms with Crippen LogP contribution in [0.15, 0.2) is 0 Å². The summed E-state index contributed by atoms with van der Waals surface area (Å²) in [6.07, 6.45) is 12.5. The summed E-state index contributed by atoms with van der Waals surface area (Å²) in [6, 6.07) is 0.528. The summed E-state index contributed by atoms with van der Waals surface area (Å²) in [5.41, 5.74) is 0. The standard InChI is InChI=1S/C19H41NO/c1-6-9-10-11-12-13-14-15-18(20-16-7-2)19(17(4)5)21-8-3/h17-20H,6-16H2,1-5H3. The molecule has 0 aromatic rings. The number of ether oxygens (including phenoxy) is 1. The third-order valence-electron chi connectivity index (χ3n) is 4.19. The summed E-state index contributed by atoms with van der Waals surface area (Å²) in [5.74, 6) is 0.587. The quantitative estimate of drug-likeness (QED) is 0.400. The van der Waals surface area contributed by atoms with Crippen LogP contribution in [0.5, 0.6) is 0 Å². The molecule has 0 fully saturated rings. The second-order valence-corrected chi connectivity index (χ2v) is 6.63. The van der Waals surface area contributed by atoms with Gasteiger partial charge in [-0.3, -0.25) is 0 Å². The van der Waals surface area contributed by atoms with Gasteiger partial charge in [0.05, 0.1) is 6.10 Å². The highest BCUT2D eigenvalue weighted by Crippen LogP contribution is 2.18. The maximum absolute atomic E-state index is 6.01. The predicted molar refractivity (Wildman–Crippen MR) is 94.9 cm³/mol. The molecule has 0 spiro atoms. The molecular formula is C19H41NO. The summed E-state index contributed by atoms with van der Waals surface area (Å²) in [4.78, 5) is 0. The van der Waals surface area contributed by atoms with Crippen molar-refractivity contribution in [3.05, 3.63) is 0 Å². The first-order valence-corrected chi connectivity index (χ1v) is 9.52. The van der Waals surface area contributed by atoms with Gasteiger partial charge in [0.25, 0.3) is 0 Å². The van der Waals surface area contributed by atoms with Crippen molar-refractivity contribution in [2.75, 3.05) is 13.2 Å². The van der Waals surface area contributed by atoms with Crippen LogP contribution in [0.1, 0.15) is 92.4 Å². The van der Waals surface area contributed by atoms with Gasteiger partial charge in [0.15, 0.2) is 0 Å². The number of nitrogens with one attached hydrogen (secondary N) is 1. The Morgan fingerprint density at radius 1 is 0.810 bits per heavy atom. The highest BCUT2D eigenvalue weighted by atomic mass is 16.5. The predicted octanol–water partition coefficient (Wildman–Crippen LogP) is 5.56. The number of hydrogen-bond acceptors (Lipinski definition) is 2. The molecule has 0 amide bonds. The van der Waals surface area contributed by atoms with E-state index in [0.717, 1.165) is 13.2 Å². The second kappa shape index (κ2) is 14.8. The summed E-state index contributed by atoms with van der Waals surface area (Å²) >= 11 is 0. The Hall–Kier alpha value is -0.0800. The van der Waals surface area contributed by atoms with E-state index in [-0.39, 0.29) is 0 Å². The Kier molecular flexibility index (Phi) is 14.8. The molecule has 0 aromatic carbocycles. The van der Waals surface area contributed by atoms with E-state index in [0.29, 0.717) is 18.1 Å². The minimum absolute atomic E-state index is 0.363. The number of rotatable bonds is 15. The minimum atomic E-state index is 0.363. The molecule has 0 saturated carbocycles. The molecule has 128 valence electrons. The van der Waals surface area contributed by atoms with Gasteiger partial charge in [0, 0.05) is 12.6 Å². The minimum Gasteiger partial charge on any atom is -0.377 e. The van der Waals surface area contributed by atoms with Crippen LogP contribution >= 0.6 is 0 Å². The monoisotopic (exact) mass is 299 g/mol. The zero-order chi connectivity index (χ0) is 15.9. The van der Waals surface area contributed by atoms with Crippen molar-refractivity contribution in [1.82, 2.24) is 5.32 Å². The van der Waals surface area contributed by atoms with Crippen molar-refractivity contribution in [2.45, 2.75) is 105 Å². The smallest absolute Gasteiger partial charge is 0.0750 e. The van der Waals surface area contributed by atoms with Crippen LogP contribution in [0.25, 0.3) is 0 Å². The largest absolute Gasteiger partial charge is 0.377 e. The number of unbranched alkanes of at least 4 members (excludes halogenated alkanes) is 6. The first-order valence-electron chi connectivity index (χ1n) is 9.52. The molecule has 0 aliphatic carbocycles. The lowest BCUT2D eigenvalue weighted by Gasteiger charge is -2.31. The molecule has 2 nitrogen and oxygen atoms in total. The van der Waals surface area contributed by atoms with E-state index in [1.165, 1.54) is 57.8 Å². The fourth-order valence-corrected chi connectivity index (χ4v) is 3.00. The van der Waals surface area contributed by atoms with Crippen molar-refractivity contribution in [3.8, 4) is 0 Å². The summed E-state index contributed by atoms with van der Waals surface area (Å²) < 4.78 is 6.01. The molecule has 21 heavy (non-hydrogen) atoms. The normalized spacial score (nSPS) is 14.6. The molecule has 0 aliphatic heterocycles. The van der Waals surface area contributed by atoms with E-state index in [9.17, 15) is 0 Å². The molecule has 0 radical (unpaired) electrons. The number of hydrogen-bond donors (Lipinski definition) is 1. The van der Waals surface area contributed by atoms with Crippen LogP contribution in [-0.2, 0) is 4.74 Å². The average Bonchev–Trinajstić information content (AvgIpc) is 2.47. The molecule has 0 bridgehead atoms. The maximum atomic E-state index is 6.01. The molecule has 2 heteroatoms. The van der Waals surface area contributed by atoms with Crippen LogP contribution in [0.2, 0.25) is 0 Å². The van der Waals surface area contributed by atoms with Crippen molar-refractivity contribution in [1.29, 1.82) is 0 Å². The fraction of sp³-hybridized carbons (Fsp3) is 1.00. The summed E-state index contributed by atoms with van der Waals surface area (Å²) in [7, 11) is 0. The molecule has 0 saturated heterocycles. The molecule has 2 atom stereocenters. The van der Waals surface area contributed by atoms with Crippen molar-refractivity contribution in [3.63, 3.8) is 0 Å². The molecule has 1 N–H and O–H groups in total. The average molecular weight is 300 g/mol. The van der Waals surface area contributed by atoms with Crippen LogP contribution in [0.3, 0.4) is 0 Å². The van der Waals surface area contributed by atoms with Crippen LogP contribution in [0, 0.1) is 5.92 Å². The lowest BCUT2D eigenvalue weighted by atomic mass is 9.94. The molecule has 2 unspecified atom stereocenters. The van der Waals surface area contributed by atoms with Gasteiger partial charge in [-0.05, 0) is 32.2 Å². The Bertz CT molecular complexity index is 206. The molecule has 0 aromatic heterocycles. The van der Waals surface area contributed by atoms with E-state index in [1.54, 1.807) is 0 Å². The van der Waals surface area contributed by atoms with E-state index < -0.39 is 0 Å². The molecule has 0 aliphatic rings. The van der Waals surface area contributed by atoms with Gasteiger partial charge in [0.2, 0.25) is 0 Å². The lowest BCUT2D eigenvalue weighted by molar-refractivity contribution is 0.000933. The van der Waals surface area contributed by atoms with Crippen LogP contribution in [0.4, 0.5) is 0 Å². The van der Waals surface area contributed by atoms with Gasteiger partial charge in [-0.2, -0.15) is 0 Å². The highest BCUT2D eigenvalue weighted by Gasteiger charge is 2.23. The van der Waals surface area contributed by atoms with Crippen LogP contribution in [-0.4, -0.2) is 25.3 Å². The molecule has 0 rings (SSSR count). The first-order chi connectivity index (χ1) is 10.2. The fourth-order valence-electron chi connectivity index (χ4n) is 3.00. The van der Waals surface area contributed by atoms with Gasteiger partial charge in [0.1, 0.15) is 0 Å². The molecule has 0 heterocycles. The zero-order valence-corrected chi connectivity index (χ0v) is 15.4. The second-order valence-electron chi connectivity index (χ2n) is 6.63. The van der Waals surface area contributed by atoms with Gasteiger partial charge >= 0.3 is 0 Å². The Labute approximate surface area is 134 Å². The van der Waals surface area contributed by atoms with E-state index in [1.807, 2.05) is 0 Å².